The number of thiocarbonyl (C=S) groups is 1. The maximum Gasteiger partial charge on any atom is 0.416 e. The first-order chi connectivity index (χ1) is 20.5. The van der Waals surface area contributed by atoms with Crippen LogP contribution in [0.3, 0.4) is 0 Å². The number of hydrogen-bond donors (Lipinski definition) is 2. The van der Waals surface area contributed by atoms with Gasteiger partial charge in [0.15, 0.2) is 5.11 Å². The van der Waals surface area contributed by atoms with Crippen LogP contribution >= 0.6 is 23.8 Å². The number of imidazole rings is 1. The minimum atomic E-state index is -4.48. The molecule has 0 spiro atoms. The van der Waals surface area contributed by atoms with E-state index < -0.39 is 17.8 Å². The normalized spacial score (nSPS) is 11.9. The third kappa shape index (κ3) is 8.64. The van der Waals surface area contributed by atoms with Crippen molar-refractivity contribution in [2.75, 3.05) is 11.9 Å². The number of halogens is 4. The number of nitrogens with one attached hydrogen (secondary N) is 2. The van der Waals surface area contributed by atoms with Crippen molar-refractivity contribution >= 4 is 40.5 Å². The van der Waals surface area contributed by atoms with Gasteiger partial charge >= 0.3 is 6.18 Å². The van der Waals surface area contributed by atoms with Crippen molar-refractivity contribution in [1.29, 1.82) is 5.26 Å². The molecular weight excluding hydrogens is 597 g/mol. The van der Waals surface area contributed by atoms with Crippen molar-refractivity contribution in [1.82, 2.24) is 19.8 Å². The summed E-state index contributed by atoms with van der Waals surface area (Å²) in [6.07, 6.45) is -1.29. The number of carbonyl (C=O) groups excluding carboxylic acids is 1. The average molecular weight is 625 g/mol. The van der Waals surface area contributed by atoms with Crippen LogP contribution in [0, 0.1) is 11.3 Å². The van der Waals surface area contributed by atoms with Gasteiger partial charge in [-0.1, -0.05) is 48.0 Å². The highest BCUT2D eigenvalue weighted by Crippen LogP contribution is 2.31. The van der Waals surface area contributed by atoms with Crippen LogP contribution < -0.4 is 10.6 Å². The second kappa shape index (κ2) is 14.3. The molecular formula is C31H28ClF3N6OS. The molecule has 4 aromatic rings. The summed E-state index contributed by atoms with van der Waals surface area (Å²) in [5.74, 6) is -0.328. The molecule has 12 heteroatoms. The molecule has 4 rings (SSSR count). The fourth-order valence-electron chi connectivity index (χ4n) is 4.53. The predicted molar refractivity (Wildman–Crippen MR) is 163 cm³/mol. The fourth-order valence-corrected chi connectivity index (χ4v) is 5.12. The van der Waals surface area contributed by atoms with Crippen molar-refractivity contribution in [3.63, 3.8) is 0 Å². The lowest BCUT2D eigenvalue weighted by atomic mass is 10.1. The molecule has 0 bridgehead atoms. The molecule has 0 aliphatic carbocycles. The van der Waals surface area contributed by atoms with Crippen LogP contribution in [0.1, 0.15) is 34.9 Å². The lowest BCUT2D eigenvalue weighted by Crippen LogP contribution is -2.50. The van der Waals surface area contributed by atoms with E-state index in [0.717, 1.165) is 11.6 Å². The van der Waals surface area contributed by atoms with E-state index in [-0.39, 0.29) is 36.1 Å². The van der Waals surface area contributed by atoms with Crippen LogP contribution in [0.15, 0.2) is 85.3 Å². The highest BCUT2D eigenvalue weighted by Gasteiger charge is 2.33. The molecule has 1 atom stereocenters. The number of nitrogens with zero attached hydrogens (tertiary/aromatic N) is 4. The Bertz CT molecular complexity index is 1620. The number of anilines is 1. The van der Waals surface area contributed by atoms with Gasteiger partial charge in [-0.3, -0.25) is 9.69 Å². The van der Waals surface area contributed by atoms with E-state index in [1.54, 1.807) is 61.9 Å². The van der Waals surface area contributed by atoms with Gasteiger partial charge in [0, 0.05) is 48.3 Å². The summed E-state index contributed by atoms with van der Waals surface area (Å²) in [7, 11) is 0. The van der Waals surface area contributed by atoms with Crippen LogP contribution in [-0.4, -0.2) is 38.1 Å². The molecule has 2 N–H and O–H groups in total. The SMILES string of the molecule is C[C@@H](CNCc1ccccc1C(F)(F)F)N(C(=O)Cc1cncn1Cc1ccc(C#N)cc1)C(=S)Nc1cccc(Cl)c1. The summed E-state index contributed by atoms with van der Waals surface area (Å²) < 4.78 is 42.2. The summed E-state index contributed by atoms with van der Waals surface area (Å²) in [5.41, 5.74) is 2.09. The molecule has 1 amide bonds. The maximum atomic E-state index is 13.8. The number of alkyl halides is 3. The van der Waals surface area contributed by atoms with Gasteiger partial charge in [-0.15, -0.1) is 0 Å². The van der Waals surface area contributed by atoms with Crippen LogP contribution in [0.4, 0.5) is 18.9 Å². The maximum absolute atomic E-state index is 13.8. The summed E-state index contributed by atoms with van der Waals surface area (Å²) in [6.45, 7) is 2.32. The number of rotatable bonds is 10. The molecule has 0 fully saturated rings. The summed E-state index contributed by atoms with van der Waals surface area (Å²) >= 11 is 11.8. The highest BCUT2D eigenvalue weighted by molar-refractivity contribution is 7.80. The molecule has 1 heterocycles. The molecule has 0 saturated heterocycles. The van der Waals surface area contributed by atoms with Gasteiger partial charge in [0.25, 0.3) is 0 Å². The number of amides is 1. The monoisotopic (exact) mass is 624 g/mol. The Morgan fingerprint density at radius 2 is 1.88 bits per heavy atom. The zero-order valence-electron chi connectivity index (χ0n) is 23.1. The fraction of sp³-hybridized carbons (Fsp3) is 0.226. The Kier molecular flexibility index (Phi) is 10.5. The van der Waals surface area contributed by atoms with Crippen LogP contribution in [-0.2, 0) is 30.5 Å². The van der Waals surface area contributed by atoms with Crippen molar-refractivity contribution in [3.05, 3.63) is 118 Å². The average Bonchev–Trinajstić information content (AvgIpc) is 3.39. The minimum absolute atomic E-state index is 0.0328. The first-order valence-corrected chi connectivity index (χ1v) is 14.1. The quantitative estimate of drug-likeness (QED) is 0.198. The molecule has 0 aliphatic heterocycles. The molecule has 43 heavy (non-hydrogen) atoms. The molecule has 3 aromatic carbocycles. The van der Waals surface area contributed by atoms with Crippen molar-refractivity contribution in [2.24, 2.45) is 0 Å². The van der Waals surface area contributed by atoms with Crippen LogP contribution in [0.5, 0.6) is 0 Å². The zero-order valence-corrected chi connectivity index (χ0v) is 24.7. The highest BCUT2D eigenvalue weighted by atomic mass is 35.5. The Hall–Kier alpha value is -4.24. The van der Waals surface area contributed by atoms with Gasteiger partial charge in [-0.25, -0.2) is 4.98 Å². The van der Waals surface area contributed by atoms with Crippen molar-refractivity contribution in [3.8, 4) is 6.07 Å². The Balaban J connectivity index is 1.50. The first-order valence-electron chi connectivity index (χ1n) is 13.3. The van der Waals surface area contributed by atoms with E-state index in [2.05, 4.69) is 21.7 Å². The molecule has 1 aromatic heterocycles. The lowest BCUT2D eigenvalue weighted by Gasteiger charge is -2.30. The van der Waals surface area contributed by atoms with Gasteiger partial charge in [-0.2, -0.15) is 18.4 Å². The first kappa shape index (κ1) is 31.7. The van der Waals surface area contributed by atoms with Crippen LogP contribution in [0.2, 0.25) is 5.02 Å². The van der Waals surface area contributed by atoms with Crippen molar-refractivity contribution in [2.45, 2.75) is 38.7 Å². The zero-order chi connectivity index (χ0) is 31.0. The number of nitriles is 1. The second-order valence-electron chi connectivity index (χ2n) is 9.84. The number of carbonyl (C=O) groups is 1. The lowest BCUT2D eigenvalue weighted by molar-refractivity contribution is -0.138. The van der Waals surface area contributed by atoms with Crippen molar-refractivity contribution < 1.29 is 18.0 Å². The number of hydrogen-bond acceptors (Lipinski definition) is 5. The van der Waals surface area contributed by atoms with E-state index in [9.17, 15) is 18.0 Å². The Labute approximate surface area is 257 Å². The van der Waals surface area contributed by atoms with Gasteiger partial charge < -0.3 is 15.2 Å². The van der Waals surface area contributed by atoms with E-state index >= 15 is 0 Å². The standard InChI is InChI=1S/C31H28ClF3N6OS/c1-21(16-37-17-24-5-2-3-8-28(24)31(33,34)35)41(30(43)39-26-7-4-6-25(32)13-26)29(42)14-27-18-38-20-40(27)19-23-11-9-22(15-36)10-12-23/h2-13,18,20-21,37H,14,16-17,19H2,1H3,(H,39,43)/t21-/m0/s1. The Morgan fingerprint density at radius 1 is 1.14 bits per heavy atom. The smallest absolute Gasteiger partial charge is 0.332 e. The van der Waals surface area contributed by atoms with Gasteiger partial charge in [0.05, 0.1) is 29.9 Å². The topological polar surface area (TPSA) is 86.0 Å². The number of benzene rings is 3. The van der Waals surface area contributed by atoms with Gasteiger partial charge in [-0.05, 0) is 66.7 Å². The van der Waals surface area contributed by atoms with E-state index in [1.807, 2.05) is 16.7 Å². The summed E-state index contributed by atoms with van der Waals surface area (Å²) in [4.78, 5) is 19.4. The minimum Gasteiger partial charge on any atom is -0.332 e. The van der Waals surface area contributed by atoms with E-state index in [1.165, 1.54) is 17.0 Å². The van der Waals surface area contributed by atoms with E-state index in [4.69, 9.17) is 29.1 Å². The summed E-state index contributed by atoms with van der Waals surface area (Å²) in [6, 6.07) is 20.9. The van der Waals surface area contributed by atoms with Gasteiger partial charge in [0.1, 0.15) is 0 Å². The Morgan fingerprint density at radius 3 is 2.58 bits per heavy atom. The predicted octanol–water partition coefficient (Wildman–Crippen LogP) is 6.42. The second-order valence-corrected chi connectivity index (χ2v) is 10.7. The molecule has 0 saturated carbocycles. The molecule has 0 unspecified atom stereocenters. The molecule has 222 valence electrons. The molecule has 7 nitrogen and oxygen atoms in total. The third-order valence-corrected chi connectivity index (χ3v) is 7.18. The molecule has 0 aliphatic rings. The van der Waals surface area contributed by atoms with Gasteiger partial charge in [0.2, 0.25) is 5.91 Å². The van der Waals surface area contributed by atoms with Crippen LogP contribution in [0.25, 0.3) is 0 Å². The third-order valence-electron chi connectivity index (χ3n) is 6.65. The summed E-state index contributed by atoms with van der Waals surface area (Å²) in [5, 5.41) is 15.8. The molecule has 0 radical (unpaired) electrons. The number of aromatic nitrogens is 2. The van der Waals surface area contributed by atoms with E-state index in [0.29, 0.717) is 28.5 Å². The largest absolute Gasteiger partial charge is 0.416 e.